The molecule has 1 aliphatic rings. The fraction of sp³-hybridized carbons (Fsp3) is 0.458. The molecule has 2 aromatic carbocycles. The second-order valence-corrected chi connectivity index (χ2v) is 10.1. The quantitative estimate of drug-likeness (QED) is 0.435. The summed E-state index contributed by atoms with van der Waals surface area (Å²) in [6.07, 6.45) is 6.38. The molecular weight excluding hydrogens is 412 g/mol. The molecule has 31 heavy (non-hydrogen) atoms. The molecule has 2 aromatic rings. The highest BCUT2D eigenvalue weighted by molar-refractivity contribution is 7.92. The molecule has 0 amide bonds. The first-order chi connectivity index (χ1) is 14.7. The van der Waals surface area contributed by atoms with Crippen molar-refractivity contribution in [3.05, 3.63) is 53.6 Å². The maximum absolute atomic E-state index is 13.3. The Bertz CT molecular complexity index is 993. The predicted octanol–water partition coefficient (Wildman–Crippen LogP) is 5.50. The summed E-state index contributed by atoms with van der Waals surface area (Å²) in [6, 6.07) is 12.0. The van der Waals surface area contributed by atoms with Gasteiger partial charge in [-0.3, -0.25) is 4.72 Å². The third kappa shape index (κ3) is 6.47. The van der Waals surface area contributed by atoms with Crippen molar-refractivity contribution in [3.63, 3.8) is 0 Å². The molecule has 0 aromatic heterocycles. The third-order valence-electron chi connectivity index (χ3n) is 5.37. The van der Waals surface area contributed by atoms with E-state index in [9.17, 15) is 13.2 Å². The van der Waals surface area contributed by atoms with Crippen molar-refractivity contribution in [1.82, 2.24) is 0 Å². The molecule has 0 heterocycles. The molecule has 3 rings (SSSR count). The zero-order valence-corrected chi connectivity index (χ0v) is 19.3. The highest BCUT2D eigenvalue weighted by Crippen LogP contribution is 2.29. The molecule has 0 radical (unpaired) electrons. The summed E-state index contributed by atoms with van der Waals surface area (Å²) < 4.78 is 34.5. The van der Waals surface area contributed by atoms with Crippen LogP contribution in [0.3, 0.4) is 0 Å². The smallest absolute Gasteiger partial charge is 0.338 e. The zero-order valence-electron chi connectivity index (χ0n) is 18.5. The maximum Gasteiger partial charge on any atom is 0.338 e. The van der Waals surface area contributed by atoms with Crippen LogP contribution in [0.25, 0.3) is 0 Å². The Morgan fingerprint density at radius 3 is 2.26 bits per heavy atom. The first-order valence-corrected chi connectivity index (χ1v) is 12.4. The summed E-state index contributed by atoms with van der Waals surface area (Å²) in [4.78, 5) is 12.5. The Morgan fingerprint density at radius 1 is 1.00 bits per heavy atom. The average molecular weight is 445 g/mol. The van der Waals surface area contributed by atoms with E-state index in [2.05, 4.69) is 10.0 Å². The number of hydrogen-bond donors (Lipinski definition) is 2. The van der Waals surface area contributed by atoms with E-state index in [1.54, 1.807) is 38.1 Å². The number of aryl methyl sites for hydroxylation is 1. The second kappa shape index (κ2) is 10.2. The van der Waals surface area contributed by atoms with Crippen LogP contribution < -0.4 is 10.0 Å². The standard InChI is InChI=1S/C24H32N2O4S/c1-17(2)30-24(27)19-12-15-22(25-20-8-6-4-5-7-9-20)23(16-19)31(28,29)26-21-13-10-18(3)11-14-21/h10-17,20,25-26H,4-9H2,1-3H3. The Labute approximate surface area is 185 Å². The summed E-state index contributed by atoms with van der Waals surface area (Å²) in [7, 11) is -3.92. The first-order valence-electron chi connectivity index (χ1n) is 11.0. The molecule has 6 nitrogen and oxygen atoms in total. The summed E-state index contributed by atoms with van der Waals surface area (Å²) in [5, 5.41) is 3.43. The van der Waals surface area contributed by atoms with Crippen LogP contribution in [0.2, 0.25) is 0 Å². The number of carbonyl (C=O) groups is 1. The minimum absolute atomic E-state index is 0.0514. The molecule has 0 aliphatic heterocycles. The fourth-order valence-corrected chi connectivity index (χ4v) is 5.00. The maximum atomic E-state index is 13.3. The average Bonchev–Trinajstić information content (AvgIpc) is 2.98. The Kier molecular flexibility index (Phi) is 7.59. The van der Waals surface area contributed by atoms with Gasteiger partial charge in [0.2, 0.25) is 0 Å². The van der Waals surface area contributed by atoms with Gasteiger partial charge in [0.1, 0.15) is 4.90 Å². The van der Waals surface area contributed by atoms with Gasteiger partial charge in [0.15, 0.2) is 0 Å². The molecule has 0 saturated heterocycles. The monoisotopic (exact) mass is 444 g/mol. The molecular formula is C24H32N2O4S. The highest BCUT2D eigenvalue weighted by Gasteiger charge is 2.24. The van der Waals surface area contributed by atoms with E-state index in [1.165, 1.54) is 18.9 Å². The largest absolute Gasteiger partial charge is 0.459 e. The van der Waals surface area contributed by atoms with E-state index >= 15 is 0 Å². The van der Waals surface area contributed by atoms with Gasteiger partial charge in [0.25, 0.3) is 10.0 Å². The Morgan fingerprint density at radius 2 is 1.65 bits per heavy atom. The van der Waals surface area contributed by atoms with E-state index < -0.39 is 16.0 Å². The SMILES string of the molecule is Cc1ccc(NS(=O)(=O)c2cc(C(=O)OC(C)C)ccc2NC2CCCCCC2)cc1. The van der Waals surface area contributed by atoms with Gasteiger partial charge in [-0.25, -0.2) is 13.2 Å². The number of carbonyl (C=O) groups excluding carboxylic acids is 1. The molecule has 1 saturated carbocycles. The van der Waals surface area contributed by atoms with Gasteiger partial charge in [-0.2, -0.15) is 0 Å². The summed E-state index contributed by atoms with van der Waals surface area (Å²) in [6.45, 7) is 5.46. The van der Waals surface area contributed by atoms with E-state index in [1.807, 2.05) is 19.1 Å². The van der Waals surface area contributed by atoms with Crippen LogP contribution in [0.15, 0.2) is 47.4 Å². The molecule has 0 bridgehead atoms. The zero-order chi connectivity index (χ0) is 22.4. The number of sulfonamides is 1. The lowest BCUT2D eigenvalue weighted by Gasteiger charge is -2.21. The number of anilines is 2. The highest BCUT2D eigenvalue weighted by atomic mass is 32.2. The Hall–Kier alpha value is -2.54. The van der Waals surface area contributed by atoms with Crippen LogP contribution in [-0.2, 0) is 14.8 Å². The van der Waals surface area contributed by atoms with Crippen LogP contribution in [0.4, 0.5) is 11.4 Å². The second-order valence-electron chi connectivity index (χ2n) is 8.47. The number of hydrogen-bond acceptors (Lipinski definition) is 5. The molecule has 0 spiro atoms. The van der Waals surface area contributed by atoms with Crippen LogP contribution in [0.5, 0.6) is 0 Å². The van der Waals surface area contributed by atoms with E-state index in [4.69, 9.17) is 4.74 Å². The van der Waals surface area contributed by atoms with Gasteiger partial charge in [-0.15, -0.1) is 0 Å². The summed E-state index contributed by atoms with van der Waals surface area (Å²) >= 11 is 0. The van der Waals surface area contributed by atoms with Crippen LogP contribution in [-0.4, -0.2) is 26.5 Å². The number of nitrogens with one attached hydrogen (secondary N) is 2. The molecule has 0 unspecified atom stereocenters. The predicted molar refractivity (Wildman–Crippen MR) is 124 cm³/mol. The third-order valence-corrected chi connectivity index (χ3v) is 6.79. The van der Waals surface area contributed by atoms with Crippen molar-refractivity contribution >= 4 is 27.4 Å². The van der Waals surface area contributed by atoms with Crippen LogP contribution >= 0.6 is 0 Å². The lowest BCUT2D eigenvalue weighted by atomic mass is 10.1. The first kappa shape index (κ1) is 23.1. The Balaban J connectivity index is 1.95. The van der Waals surface area contributed by atoms with Crippen molar-refractivity contribution in [2.45, 2.75) is 76.3 Å². The van der Waals surface area contributed by atoms with E-state index in [-0.39, 0.29) is 22.6 Å². The summed E-state index contributed by atoms with van der Waals surface area (Å²) in [5.74, 6) is -0.539. The van der Waals surface area contributed by atoms with Gasteiger partial charge in [0, 0.05) is 11.7 Å². The number of esters is 1. The molecule has 168 valence electrons. The molecule has 7 heteroatoms. The molecule has 1 aliphatic carbocycles. The number of rotatable bonds is 7. The summed E-state index contributed by atoms with van der Waals surface area (Å²) in [5.41, 5.74) is 2.23. The van der Waals surface area contributed by atoms with Gasteiger partial charge < -0.3 is 10.1 Å². The van der Waals surface area contributed by atoms with Gasteiger partial charge in [-0.1, -0.05) is 43.4 Å². The lowest BCUT2D eigenvalue weighted by Crippen LogP contribution is -2.22. The molecule has 0 atom stereocenters. The minimum Gasteiger partial charge on any atom is -0.459 e. The van der Waals surface area contributed by atoms with Crippen LogP contribution in [0, 0.1) is 6.92 Å². The normalized spacial score (nSPS) is 15.4. The number of ether oxygens (including phenoxy) is 1. The van der Waals surface area contributed by atoms with Gasteiger partial charge in [-0.05, 0) is 63.9 Å². The van der Waals surface area contributed by atoms with Crippen molar-refractivity contribution in [3.8, 4) is 0 Å². The fourth-order valence-electron chi connectivity index (χ4n) is 3.75. The van der Waals surface area contributed by atoms with E-state index in [0.717, 1.165) is 31.2 Å². The molecule has 1 fully saturated rings. The lowest BCUT2D eigenvalue weighted by molar-refractivity contribution is 0.0377. The van der Waals surface area contributed by atoms with Crippen molar-refractivity contribution < 1.29 is 17.9 Å². The number of benzene rings is 2. The van der Waals surface area contributed by atoms with Gasteiger partial charge >= 0.3 is 5.97 Å². The van der Waals surface area contributed by atoms with Crippen molar-refractivity contribution in [2.24, 2.45) is 0 Å². The van der Waals surface area contributed by atoms with Crippen molar-refractivity contribution in [1.29, 1.82) is 0 Å². The topological polar surface area (TPSA) is 84.5 Å². The van der Waals surface area contributed by atoms with Crippen LogP contribution in [0.1, 0.15) is 68.3 Å². The van der Waals surface area contributed by atoms with Gasteiger partial charge in [0.05, 0.1) is 17.4 Å². The molecule has 2 N–H and O–H groups in total. The minimum atomic E-state index is -3.92. The van der Waals surface area contributed by atoms with Crippen molar-refractivity contribution in [2.75, 3.05) is 10.0 Å². The van der Waals surface area contributed by atoms with E-state index in [0.29, 0.717) is 11.4 Å².